The topological polar surface area (TPSA) is 17.0 Å². The van der Waals surface area contributed by atoms with Crippen molar-refractivity contribution in [2.45, 2.75) is 38.5 Å². The van der Waals surface area contributed by atoms with E-state index in [0.717, 1.165) is 5.56 Å². The highest BCUT2D eigenvalue weighted by molar-refractivity contribution is 5.14. The fourth-order valence-corrected chi connectivity index (χ4v) is 1.48. The lowest BCUT2D eigenvalue weighted by Crippen LogP contribution is -2.11. The molecule has 0 aliphatic rings. The Kier molecular flexibility index (Phi) is 4.41. The minimum atomic E-state index is -4.05. The zero-order chi connectivity index (χ0) is 12.2. The Hall–Kier alpha value is -0.970. The van der Waals surface area contributed by atoms with Crippen LogP contribution in [-0.2, 0) is 6.54 Å². The van der Waals surface area contributed by atoms with Crippen LogP contribution in [0.5, 0.6) is 0 Å². The Labute approximate surface area is 93.5 Å². The number of alkyl halides is 3. The molecule has 0 aromatic carbocycles. The lowest BCUT2D eigenvalue weighted by atomic mass is 10.2. The molecule has 92 valence electrons. The zero-order valence-corrected chi connectivity index (χ0v) is 9.51. The number of aromatic nitrogens is 1. The van der Waals surface area contributed by atoms with E-state index in [2.05, 4.69) is 5.32 Å². The number of rotatable bonds is 5. The lowest BCUT2D eigenvalue weighted by molar-refractivity contribution is -0.135. The second kappa shape index (κ2) is 5.39. The average molecular weight is 234 g/mol. The molecule has 0 aliphatic carbocycles. The van der Waals surface area contributed by atoms with Gasteiger partial charge in [0.25, 0.3) is 0 Å². The number of hydrogen-bond donors (Lipinski definition) is 1. The molecule has 0 bridgehead atoms. The van der Waals surface area contributed by atoms with Crippen LogP contribution in [0, 0.1) is 0 Å². The minimum Gasteiger partial charge on any atom is -0.354 e. The predicted octanol–water partition coefficient (Wildman–Crippen LogP) is 3.11. The Bertz CT molecular complexity index is 317. The number of halogens is 3. The number of hydrogen-bond acceptors (Lipinski definition) is 1. The van der Waals surface area contributed by atoms with Gasteiger partial charge < -0.3 is 9.88 Å². The monoisotopic (exact) mass is 234 g/mol. The highest BCUT2D eigenvalue weighted by Gasteiger charge is 2.25. The van der Waals surface area contributed by atoms with Gasteiger partial charge in [-0.15, -0.1) is 0 Å². The highest BCUT2D eigenvalue weighted by atomic mass is 19.4. The molecule has 1 atom stereocenters. The summed E-state index contributed by atoms with van der Waals surface area (Å²) in [6.45, 7) is 2.42. The van der Waals surface area contributed by atoms with E-state index in [4.69, 9.17) is 0 Å². The average Bonchev–Trinajstić information content (AvgIpc) is 2.63. The van der Waals surface area contributed by atoms with Crippen LogP contribution in [0.3, 0.4) is 0 Å². The quantitative estimate of drug-likeness (QED) is 0.828. The van der Waals surface area contributed by atoms with E-state index < -0.39 is 12.6 Å². The van der Waals surface area contributed by atoms with Crippen LogP contribution in [0.2, 0.25) is 0 Å². The molecule has 0 saturated carbocycles. The molecule has 16 heavy (non-hydrogen) atoms. The van der Waals surface area contributed by atoms with Gasteiger partial charge in [-0.05, 0) is 32.0 Å². The smallest absolute Gasteiger partial charge is 0.354 e. The summed E-state index contributed by atoms with van der Waals surface area (Å²) in [5.41, 5.74) is 1.09. The van der Waals surface area contributed by atoms with Crippen molar-refractivity contribution in [2.24, 2.45) is 0 Å². The van der Waals surface area contributed by atoms with Gasteiger partial charge in [0, 0.05) is 31.4 Å². The van der Waals surface area contributed by atoms with Crippen molar-refractivity contribution >= 4 is 0 Å². The maximum absolute atomic E-state index is 11.9. The Morgan fingerprint density at radius 1 is 1.44 bits per heavy atom. The summed E-state index contributed by atoms with van der Waals surface area (Å²) in [6, 6.07) is 2.15. The molecule has 0 spiro atoms. The summed E-state index contributed by atoms with van der Waals surface area (Å²) in [6.07, 6.45) is -0.932. The maximum Gasteiger partial charge on any atom is 0.389 e. The van der Waals surface area contributed by atoms with Crippen LogP contribution in [0.4, 0.5) is 13.2 Å². The van der Waals surface area contributed by atoms with Crippen LogP contribution in [0.15, 0.2) is 18.5 Å². The van der Waals surface area contributed by atoms with E-state index in [9.17, 15) is 13.2 Å². The Morgan fingerprint density at radius 3 is 2.69 bits per heavy atom. The van der Waals surface area contributed by atoms with Crippen molar-refractivity contribution in [3.05, 3.63) is 24.0 Å². The van der Waals surface area contributed by atoms with Gasteiger partial charge in [-0.25, -0.2) is 0 Å². The molecule has 5 heteroatoms. The first-order valence-electron chi connectivity index (χ1n) is 5.32. The molecule has 0 radical (unpaired) electrons. The summed E-state index contributed by atoms with van der Waals surface area (Å²) in [7, 11) is 1.85. The summed E-state index contributed by atoms with van der Waals surface area (Å²) >= 11 is 0. The fraction of sp³-hybridized carbons (Fsp3) is 0.636. The third-order valence-electron chi connectivity index (χ3n) is 2.58. The van der Waals surface area contributed by atoms with Crippen LogP contribution in [0.1, 0.15) is 31.4 Å². The standard InChI is InChI=1S/C11H17F3N2/c1-9(15-2)10-4-7-16(8-10)6-3-5-11(12,13)14/h4,7-9,15H,3,5-6H2,1-2H3. The van der Waals surface area contributed by atoms with Crippen molar-refractivity contribution in [1.29, 1.82) is 0 Å². The first-order valence-corrected chi connectivity index (χ1v) is 5.32. The third kappa shape index (κ3) is 4.26. The molecule has 1 heterocycles. The minimum absolute atomic E-state index is 0.131. The van der Waals surface area contributed by atoms with Gasteiger partial charge in [-0.1, -0.05) is 0 Å². The van der Waals surface area contributed by atoms with Gasteiger partial charge >= 0.3 is 6.18 Å². The van der Waals surface area contributed by atoms with Gasteiger partial charge in [-0.3, -0.25) is 0 Å². The van der Waals surface area contributed by atoms with E-state index >= 15 is 0 Å². The molecule has 1 unspecified atom stereocenters. The molecule has 0 saturated heterocycles. The lowest BCUT2D eigenvalue weighted by Gasteiger charge is -2.08. The van der Waals surface area contributed by atoms with Gasteiger partial charge in [0.1, 0.15) is 0 Å². The number of nitrogens with one attached hydrogen (secondary N) is 1. The summed E-state index contributed by atoms with van der Waals surface area (Å²) in [5.74, 6) is 0. The zero-order valence-electron chi connectivity index (χ0n) is 9.51. The third-order valence-corrected chi connectivity index (χ3v) is 2.58. The SMILES string of the molecule is CNC(C)c1ccn(CCCC(F)(F)F)c1. The molecule has 1 aromatic heterocycles. The van der Waals surface area contributed by atoms with Gasteiger partial charge in [0.05, 0.1) is 0 Å². The predicted molar refractivity (Wildman–Crippen MR) is 57.2 cm³/mol. The molecule has 1 N–H and O–H groups in total. The second-order valence-electron chi connectivity index (χ2n) is 3.91. The van der Waals surface area contributed by atoms with Crippen LogP contribution in [-0.4, -0.2) is 17.8 Å². The van der Waals surface area contributed by atoms with Gasteiger partial charge in [-0.2, -0.15) is 13.2 Å². The van der Waals surface area contributed by atoms with Crippen LogP contribution in [0.25, 0.3) is 0 Å². The normalized spacial score (nSPS) is 14.1. The first kappa shape index (κ1) is 13.1. The van der Waals surface area contributed by atoms with Crippen molar-refractivity contribution in [3.63, 3.8) is 0 Å². The molecule has 0 amide bonds. The number of aryl methyl sites for hydroxylation is 1. The van der Waals surface area contributed by atoms with Crippen LogP contribution >= 0.6 is 0 Å². The Balaban J connectivity index is 2.41. The van der Waals surface area contributed by atoms with E-state index in [1.807, 2.05) is 32.4 Å². The molecule has 1 rings (SSSR count). The van der Waals surface area contributed by atoms with E-state index in [1.165, 1.54) is 0 Å². The van der Waals surface area contributed by atoms with Crippen molar-refractivity contribution in [2.75, 3.05) is 7.05 Å². The van der Waals surface area contributed by atoms with Crippen molar-refractivity contribution < 1.29 is 13.2 Å². The summed E-state index contributed by atoms with van der Waals surface area (Å²) in [4.78, 5) is 0. The molecular formula is C11H17F3N2. The maximum atomic E-state index is 11.9. The van der Waals surface area contributed by atoms with E-state index in [-0.39, 0.29) is 12.5 Å². The molecule has 0 aliphatic heterocycles. The van der Waals surface area contributed by atoms with E-state index in [0.29, 0.717) is 6.54 Å². The van der Waals surface area contributed by atoms with Gasteiger partial charge in [0.15, 0.2) is 0 Å². The molecule has 0 fully saturated rings. The molecular weight excluding hydrogens is 217 g/mol. The van der Waals surface area contributed by atoms with Crippen molar-refractivity contribution in [3.8, 4) is 0 Å². The molecule has 2 nitrogen and oxygen atoms in total. The van der Waals surface area contributed by atoms with Crippen molar-refractivity contribution in [1.82, 2.24) is 9.88 Å². The fourth-order valence-electron chi connectivity index (χ4n) is 1.48. The largest absolute Gasteiger partial charge is 0.389 e. The second-order valence-corrected chi connectivity index (χ2v) is 3.91. The van der Waals surface area contributed by atoms with E-state index in [1.54, 1.807) is 4.57 Å². The Morgan fingerprint density at radius 2 is 2.12 bits per heavy atom. The first-order chi connectivity index (χ1) is 7.42. The number of nitrogens with zero attached hydrogens (tertiary/aromatic N) is 1. The van der Waals surface area contributed by atoms with Gasteiger partial charge in [0.2, 0.25) is 0 Å². The summed E-state index contributed by atoms with van der Waals surface area (Å²) < 4.78 is 37.6. The summed E-state index contributed by atoms with van der Waals surface area (Å²) in [5, 5.41) is 3.08. The van der Waals surface area contributed by atoms with Crippen LogP contribution < -0.4 is 5.32 Å². The molecule has 1 aromatic rings. The highest BCUT2D eigenvalue weighted by Crippen LogP contribution is 2.22.